The Balaban J connectivity index is 1.43. The van der Waals surface area contributed by atoms with E-state index >= 15 is 0 Å². The van der Waals surface area contributed by atoms with Gasteiger partial charge in [-0.25, -0.2) is 18.4 Å². The zero-order valence-corrected chi connectivity index (χ0v) is 18.7. The molecule has 2 fully saturated rings. The van der Waals surface area contributed by atoms with Crippen molar-refractivity contribution in [3.8, 4) is 11.3 Å². The molecule has 168 valence electrons. The van der Waals surface area contributed by atoms with Gasteiger partial charge in [-0.1, -0.05) is 0 Å². The van der Waals surface area contributed by atoms with E-state index < -0.39 is 9.84 Å². The average Bonchev–Trinajstić information content (AvgIpc) is 3.54. The van der Waals surface area contributed by atoms with E-state index in [1.54, 1.807) is 12.4 Å². The fraction of sp³-hybridized carbons (Fsp3) is 0.455. The normalized spacial score (nSPS) is 18.5. The molecule has 0 spiro atoms. The maximum Gasteiger partial charge on any atom is 0.228 e. The lowest BCUT2D eigenvalue weighted by Crippen LogP contribution is -2.26. The average molecular weight is 455 g/mol. The van der Waals surface area contributed by atoms with Crippen molar-refractivity contribution in [3.63, 3.8) is 0 Å². The molecule has 1 saturated carbocycles. The molecule has 32 heavy (non-hydrogen) atoms. The smallest absolute Gasteiger partial charge is 0.228 e. The number of fused-ring (bicyclic) bond motifs is 1. The van der Waals surface area contributed by atoms with E-state index in [1.165, 1.54) is 0 Å². The van der Waals surface area contributed by atoms with Crippen LogP contribution < -0.4 is 10.6 Å². The number of hydrogen-bond donors (Lipinski definition) is 2. The fourth-order valence-corrected chi connectivity index (χ4v) is 5.76. The van der Waals surface area contributed by atoms with Gasteiger partial charge in [0, 0.05) is 54.4 Å². The summed E-state index contributed by atoms with van der Waals surface area (Å²) in [4.78, 5) is 21.1. The van der Waals surface area contributed by atoms with E-state index in [0.717, 1.165) is 34.9 Å². The van der Waals surface area contributed by atoms with Gasteiger partial charge in [-0.2, -0.15) is 5.10 Å². The number of anilines is 2. The van der Waals surface area contributed by atoms with Crippen LogP contribution in [0.4, 0.5) is 11.6 Å². The summed E-state index contributed by atoms with van der Waals surface area (Å²) in [5.41, 5.74) is 1.63. The second-order valence-electron chi connectivity index (χ2n) is 8.67. The second kappa shape index (κ2) is 8.16. The molecule has 1 aliphatic carbocycles. The van der Waals surface area contributed by atoms with Crippen LogP contribution in [-0.4, -0.2) is 52.6 Å². The summed E-state index contributed by atoms with van der Waals surface area (Å²) in [6.45, 7) is 0.694. The SMILES string of the molecule is CNc1ncc(-c2ccn(CC3CCS(=O)(=O)CC3)n2)c2cc(NC(=O)C3CC3)ncc12. The molecule has 0 unspecified atom stereocenters. The number of sulfone groups is 1. The highest BCUT2D eigenvalue weighted by Crippen LogP contribution is 2.33. The van der Waals surface area contributed by atoms with Gasteiger partial charge in [-0.15, -0.1) is 0 Å². The van der Waals surface area contributed by atoms with E-state index in [9.17, 15) is 13.2 Å². The molecule has 2 N–H and O–H groups in total. The number of rotatable bonds is 6. The Morgan fingerprint density at radius 3 is 2.62 bits per heavy atom. The highest BCUT2D eigenvalue weighted by Gasteiger charge is 2.30. The second-order valence-corrected chi connectivity index (χ2v) is 11.0. The number of carbonyl (C=O) groups is 1. The Bertz CT molecular complexity index is 1270. The van der Waals surface area contributed by atoms with Crippen LogP contribution in [0.15, 0.2) is 30.7 Å². The quantitative estimate of drug-likeness (QED) is 0.588. The van der Waals surface area contributed by atoms with Crippen molar-refractivity contribution in [2.45, 2.75) is 32.2 Å². The van der Waals surface area contributed by atoms with E-state index in [0.29, 0.717) is 36.9 Å². The molecule has 3 aromatic rings. The molecule has 0 atom stereocenters. The van der Waals surface area contributed by atoms with Gasteiger partial charge in [0.25, 0.3) is 0 Å². The molecule has 4 heterocycles. The first-order chi connectivity index (χ1) is 15.4. The molecule has 0 aromatic carbocycles. The predicted molar refractivity (Wildman–Crippen MR) is 123 cm³/mol. The van der Waals surface area contributed by atoms with Crippen LogP contribution in [0.2, 0.25) is 0 Å². The molecule has 0 radical (unpaired) electrons. The Labute approximate surface area is 186 Å². The van der Waals surface area contributed by atoms with E-state index in [2.05, 4.69) is 20.6 Å². The van der Waals surface area contributed by atoms with Crippen molar-refractivity contribution in [2.24, 2.45) is 11.8 Å². The standard InChI is InChI=1S/C22H26N6O3S/c1-23-21-18-12-24-20(26-22(29)15-2-3-15)10-16(18)17(11-25-21)19-4-7-28(27-19)13-14-5-8-32(30,31)9-6-14/h4,7,10-12,14-15H,2-3,5-6,8-9,13H2,1H3,(H,23,25)(H,24,26,29). The molecule has 2 aliphatic rings. The van der Waals surface area contributed by atoms with Crippen LogP contribution in [0.1, 0.15) is 25.7 Å². The molecule has 1 saturated heterocycles. The van der Waals surface area contributed by atoms with Gasteiger partial charge in [-0.05, 0) is 43.7 Å². The van der Waals surface area contributed by atoms with Crippen molar-refractivity contribution in [1.82, 2.24) is 19.7 Å². The first-order valence-corrected chi connectivity index (χ1v) is 12.8. The number of carbonyl (C=O) groups excluding carboxylic acids is 1. The van der Waals surface area contributed by atoms with E-state index in [4.69, 9.17) is 5.10 Å². The Morgan fingerprint density at radius 1 is 1.12 bits per heavy atom. The first kappa shape index (κ1) is 20.9. The number of amides is 1. The topological polar surface area (TPSA) is 119 Å². The molecule has 10 heteroatoms. The van der Waals surface area contributed by atoms with Crippen LogP contribution in [-0.2, 0) is 21.2 Å². The minimum atomic E-state index is -2.87. The largest absolute Gasteiger partial charge is 0.373 e. The zero-order chi connectivity index (χ0) is 22.3. The molecule has 1 amide bonds. The summed E-state index contributed by atoms with van der Waals surface area (Å²) < 4.78 is 25.2. The third-order valence-electron chi connectivity index (χ3n) is 6.24. The number of nitrogens with zero attached hydrogens (tertiary/aromatic N) is 4. The first-order valence-electron chi connectivity index (χ1n) is 10.9. The van der Waals surface area contributed by atoms with Gasteiger partial charge in [-0.3, -0.25) is 9.48 Å². The third kappa shape index (κ3) is 4.32. The van der Waals surface area contributed by atoms with Gasteiger partial charge in [0.1, 0.15) is 21.5 Å². The fourth-order valence-electron chi connectivity index (χ4n) is 4.17. The van der Waals surface area contributed by atoms with Gasteiger partial charge < -0.3 is 10.6 Å². The van der Waals surface area contributed by atoms with Gasteiger partial charge in [0.2, 0.25) is 5.91 Å². The van der Waals surface area contributed by atoms with Gasteiger partial charge in [0.15, 0.2) is 0 Å². The number of hydrogen-bond acceptors (Lipinski definition) is 7. The highest BCUT2D eigenvalue weighted by molar-refractivity contribution is 7.91. The summed E-state index contributed by atoms with van der Waals surface area (Å²) in [6, 6.07) is 3.82. The Morgan fingerprint density at radius 2 is 1.91 bits per heavy atom. The highest BCUT2D eigenvalue weighted by atomic mass is 32.2. The number of pyridine rings is 2. The molecular formula is C22H26N6O3S. The van der Waals surface area contributed by atoms with Crippen molar-refractivity contribution in [1.29, 1.82) is 0 Å². The minimum Gasteiger partial charge on any atom is -0.373 e. The van der Waals surface area contributed by atoms with Crippen molar-refractivity contribution in [3.05, 3.63) is 30.7 Å². The van der Waals surface area contributed by atoms with Crippen LogP contribution in [0.5, 0.6) is 0 Å². The van der Waals surface area contributed by atoms with Crippen LogP contribution in [0, 0.1) is 11.8 Å². The van der Waals surface area contributed by atoms with Crippen molar-refractivity contribution < 1.29 is 13.2 Å². The lowest BCUT2D eigenvalue weighted by Gasteiger charge is -2.21. The minimum absolute atomic E-state index is 0.0140. The Hall–Kier alpha value is -3.01. The molecular weight excluding hydrogens is 428 g/mol. The summed E-state index contributed by atoms with van der Waals surface area (Å²) in [7, 11) is -1.06. The molecule has 9 nitrogen and oxygen atoms in total. The Kier molecular flexibility index (Phi) is 5.32. The maximum absolute atomic E-state index is 12.2. The van der Waals surface area contributed by atoms with Crippen molar-refractivity contribution >= 4 is 38.2 Å². The zero-order valence-electron chi connectivity index (χ0n) is 17.9. The monoisotopic (exact) mass is 454 g/mol. The van der Waals surface area contributed by atoms with Crippen LogP contribution in [0.25, 0.3) is 22.0 Å². The summed E-state index contributed by atoms with van der Waals surface area (Å²) in [6.07, 6.45) is 8.64. The van der Waals surface area contributed by atoms with Gasteiger partial charge >= 0.3 is 0 Å². The molecule has 0 bridgehead atoms. The number of aromatic nitrogens is 4. The molecule has 5 rings (SSSR count). The van der Waals surface area contributed by atoms with Crippen LogP contribution >= 0.6 is 0 Å². The summed E-state index contributed by atoms with van der Waals surface area (Å²) in [5, 5.41) is 12.5. The molecule has 3 aromatic heterocycles. The number of nitrogens with one attached hydrogen (secondary N) is 2. The van der Waals surface area contributed by atoms with Gasteiger partial charge in [0.05, 0.1) is 17.2 Å². The predicted octanol–water partition coefficient (Wildman–Crippen LogP) is 2.71. The van der Waals surface area contributed by atoms with E-state index in [-0.39, 0.29) is 23.3 Å². The van der Waals surface area contributed by atoms with Crippen LogP contribution in [0.3, 0.4) is 0 Å². The van der Waals surface area contributed by atoms with Crippen molar-refractivity contribution in [2.75, 3.05) is 29.2 Å². The lowest BCUT2D eigenvalue weighted by atomic mass is 10.0. The lowest BCUT2D eigenvalue weighted by molar-refractivity contribution is -0.117. The summed E-state index contributed by atoms with van der Waals surface area (Å²) >= 11 is 0. The third-order valence-corrected chi connectivity index (χ3v) is 7.96. The summed E-state index contributed by atoms with van der Waals surface area (Å²) in [5.74, 6) is 2.16. The maximum atomic E-state index is 12.2. The molecule has 1 aliphatic heterocycles. The van der Waals surface area contributed by atoms with E-state index in [1.807, 2.05) is 30.1 Å².